The summed E-state index contributed by atoms with van der Waals surface area (Å²) >= 11 is 0. The highest BCUT2D eigenvalue weighted by molar-refractivity contribution is 5.80. The van der Waals surface area contributed by atoms with Crippen LogP contribution in [0.1, 0.15) is 24.7 Å². The number of benzene rings is 1. The van der Waals surface area contributed by atoms with E-state index in [0.29, 0.717) is 0 Å². The van der Waals surface area contributed by atoms with E-state index in [-0.39, 0.29) is 0 Å². The van der Waals surface area contributed by atoms with Crippen molar-refractivity contribution in [2.24, 2.45) is 0 Å². The molecule has 0 atom stereocenters. The second kappa shape index (κ2) is 6.06. The largest absolute Gasteiger partial charge is 0.316 e. The zero-order valence-electron chi connectivity index (χ0n) is 12.5. The Morgan fingerprint density at radius 3 is 2.90 bits per heavy atom. The molecule has 0 bridgehead atoms. The van der Waals surface area contributed by atoms with Crippen molar-refractivity contribution in [3.8, 4) is 5.82 Å². The maximum atomic E-state index is 4.86. The molecule has 0 saturated heterocycles. The summed E-state index contributed by atoms with van der Waals surface area (Å²) in [5, 5.41) is 4.40. The summed E-state index contributed by atoms with van der Waals surface area (Å²) in [5.41, 5.74) is 2.20. The minimum absolute atomic E-state index is 0.789. The number of fused-ring (bicyclic) bond motifs is 1. The molecule has 0 amide bonds. The number of aromatic nitrogens is 3. The summed E-state index contributed by atoms with van der Waals surface area (Å²) in [6, 6.07) is 10.4. The van der Waals surface area contributed by atoms with Crippen molar-refractivity contribution in [1.82, 2.24) is 19.9 Å². The smallest absolute Gasteiger partial charge is 0.143 e. The van der Waals surface area contributed by atoms with E-state index in [0.717, 1.165) is 36.5 Å². The third-order valence-corrected chi connectivity index (χ3v) is 3.57. The zero-order chi connectivity index (χ0) is 14.7. The van der Waals surface area contributed by atoms with Gasteiger partial charge in [-0.25, -0.2) is 9.97 Å². The summed E-state index contributed by atoms with van der Waals surface area (Å²) in [4.78, 5) is 9.33. The molecule has 1 aromatic carbocycles. The summed E-state index contributed by atoms with van der Waals surface area (Å²) in [6.45, 7) is 2.96. The number of para-hydroxylation sites is 1. The molecule has 2 aromatic heterocycles. The van der Waals surface area contributed by atoms with Crippen LogP contribution in [0, 0.1) is 0 Å². The normalized spacial score (nSPS) is 11.1. The topological polar surface area (TPSA) is 42.7 Å². The first-order valence-electron chi connectivity index (χ1n) is 7.39. The Balaban J connectivity index is 2.19. The fourth-order valence-electron chi connectivity index (χ4n) is 2.61. The van der Waals surface area contributed by atoms with Gasteiger partial charge in [-0.1, -0.05) is 25.1 Å². The lowest BCUT2D eigenvalue weighted by atomic mass is 10.1. The van der Waals surface area contributed by atoms with Crippen LogP contribution in [0.2, 0.25) is 0 Å². The molecular weight excluding hydrogens is 260 g/mol. The van der Waals surface area contributed by atoms with Crippen LogP contribution in [0.15, 0.2) is 42.7 Å². The molecule has 0 aliphatic heterocycles. The quantitative estimate of drug-likeness (QED) is 0.781. The fraction of sp³-hybridized carbons (Fsp3) is 0.294. The summed E-state index contributed by atoms with van der Waals surface area (Å²) in [6.07, 6.45) is 5.89. The van der Waals surface area contributed by atoms with Crippen LogP contribution in [0.4, 0.5) is 0 Å². The number of nitrogens with one attached hydrogen (secondary N) is 1. The lowest BCUT2D eigenvalue weighted by Crippen LogP contribution is -2.12. The number of hydrogen-bond acceptors (Lipinski definition) is 3. The van der Waals surface area contributed by atoms with E-state index in [1.54, 1.807) is 0 Å². The highest BCUT2D eigenvalue weighted by atomic mass is 15.1. The van der Waals surface area contributed by atoms with Crippen LogP contribution in [0.25, 0.3) is 16.7 Å². The van der Waals surface area contributed by atoms with E-state index in [1.165, 1.54) is 10.9 Å². The Hall–Kier alpha value is -2.20. The lowest BCUT2D eigenvalue weighted by molar-refractivity contribution is 0.769. The number of rotatable bonds is 5. The molecule has 4 nitrogen and oxygen atoms in total. The first-order valence-corrected chi connectivity index (χ1v) is 7.39. The molecular formula is C17H20N4. The molecule has 3 aromatic rings. The highest BCUT2D eigenvalue weighted by Crippen LogP contribution is 2.21. The summed E-state index contributed by atoms with van der Waals surface area (Å²) in [7, 11) is 1.96. The van der Waals surface area contributed by atoms with E-state index in [9.17, 15) is 0 Å². The maximum Gasteiger partial charge on any atom is 0.143 e. The van der Waals surface area contributed by atoms with Gasteiger partial charge in [0.25, 0.3) is 0 Å². The van der Waals surface area contributed by atoms with Crippen LogP contribution in [0.3, 0.4) is 0 Å². The van der Waals surface area contributed by atoms with Gasteiger partial charge in [0, 0.05) is 36.3 Å². The van der Waals surface area contributed by atoms with Gasteiger partial charge in [-0.2, -0.15) is 0 Å². The van der Waals surface area contributed by atoms with Gasteiger partial charge in [0.05, 0.1) is 5.52 Å². The van der Waals surface area contributed by atoms with Crippen molar-refractivity contribution in [2.75, 3.05) is 7.05 Å². The van der Waals surface area contributed by atoms with Crippen molar-refractivity contribution in [2.45, 2.75) is 26.3 Å². The molecule has 0 aliphatic rings. The molecule has 0 aliphatic carbocycles. The third-order valence-electron chi connectivity index (χ3n) is 3.57. The second-order valence-corrected chi connectivity index (χ2v) is 5.16. The van der Waals surface area contributed by atoms with Crippen LogP contribution < -0.4 is 5.32 Å². The summed E-state index contributed by atoms with van der Waals surface area (Å²) < 4.78 is 2.11. The molecule has 0 saturated carbocycles. The number of nitrogens with zero attached hydrogens (tertiary/aromatic N) is 3. The predicted octanol–water partition coefficient (Wildman–Crippen LogP) is 3.09. The SMILES string of the molecule is CCCc1nccn1-c1nc2ccccc2cc1CNC. The zero-order valence-corrected chi connectivity index (χ0v) is 12.5. The van der Waals surface area contributed by atoms with Gasteiger partial charge in [-0.15, -0.1) is 0 Å². The molecule has 2 heterocycles. The van der Waals surface area contributed by atoms with Gasteiger partial charge < -0.3 is 5.32 Å². The predicted molar refractivity (Wildman–Crippen MR) is 85.6 cm³/mol. The molecule has 0 spiro atoms. The van der Waals surface area contributed by atoms with Crippen LogP contribution in [0.5, 0.6) is 0 Å². The number of aryl methyl sites for hydroxylation is 1. The Kier molecular flexibility index (Phi) is 3.97. The third kappa shape index (κ3) is 2.67. The fourth-order valence-corrected chi connectivity index (χ4v) is 2.61. The molecule has 108 valence electrons. The maximum absolute atomic E-state index is 4.86. The monoisotopic (exact) mass is 280 g/mol. The second-order valence-electron chi connectivity index (χ2n) is 5.16. The Morgan fingerprint density at radius 1 is 1.24 bits per heavy atom. The Labute approximate surface area is 124 Å². The standard InChI is InChI=1S/C17H20N4/c1-3-6-16-19-9-10-21(16)17-14(12-18-2)11-13-7-4-5-8-15(13)20-17/h4-5,7-11,18H,3,6,12H2,1-2H3. The van der Waals surface area contributed by atoms with Gasteiger partial charge >= 0.3 is 0 Å². The summed E-state index contributed by atoms with van der Waals surface area (Å²) in [5.74, 6) is 2.04. The van der Waals surface area contributed by atoms with E-state index >= 15 is 0 Å². The van der Waals surface area contributed by atoms with Crippen LogP contribution in [-0.2, 0) is 13.0 Å². The molecule has 3 rings (SSSR count). The molecule has 21 heavy (non-hydrogen) atoms. The van der Waals surface area contributed by atoms with Gasteiger partial charge in [-0.3, -0.25) is 4.57 Å². The Bertz CT molecular complexity index is 745. The van der Waals surface area contributed by atoms with E-state index in [1.807, 2.05) is 31.6 Å². The molecule has 1 N–H and O–H groups in total. The first-order chi connectivity index (χ1) is 10.3. The molecule has 4 heteroatoms. The van der Waals surface area contributed by atoms with E-state index < -0.39 is 0 Å². The van der Waals surface area contributed by atoms with Crippen molar-refractivity contribution in [3.63, 3.8) is 0 Å². The van der Waals surface area contributed by atoms with Crippen molar-refractivity contribution >= 4 is 10.9 Å². The minimum Gasteiger partial charge on any atom is -0.316 e. The highest BCUT2D eigenvalue weighted by Gasteiger charge is 2.11. The van der Waals surface area contributed by atoms with Gasteiger partial charge in [0.15, 0.2) is 0 Å². The van der Waals surface area contributed by atoms with Crippen molar-refractivity contribution < 1.29 is 0 Å². The average molecular weight is 280 g/mol. The van der Waals surface area contributed by atoms with Gasteiger partial charge in [-0.05, 0) is 25.6 Å². The van der Waals surface area contributed by atoms with Crippen LogP contribution in [-0.4, -0.2) is 21.6 Å². The van der Waals surface area contributed by atoms with E-state index in [2.05, 4.69) is 40.0 Å². The number of imidazole rings is 1. The minimum atomic E-state index is 0.789. The van der Waals surface area contributed by atoms with E-state index in [4.69, 9.17) is 4.98 Å². The van der Waals surface area contributed by atoms with Gasteiger partial charge in [0.1, 0.15) is 11.6 Å². The average Bonchev–Trinajstić information content (AvgIpc) is 2.95. The Morgan fingerprint density at radius 2 is 2.10 bits per heavy atom. The first kappa shape index (κ1) is 13.8. The molecule has 0 fully saturated rings. The van der Waals surface area contributed by atoms with Crippen molar-refractivity contribution in [3.05, 3.63) is 54.1 Å². The van der Waals surface area contributed by atoms with Crippen LogP contribution >= 0.6 is 0 Å². The van der Waals surface area contributed by atoms with Crippen molar-refractivity contribution in [1.29, 1.82) is 0 Å². The molecule has 0 unspecified atom stereocenters. The molecule has 0 radical (unpaired) electrons. The number of hydrogen-bond donors (Lipinski definition) is 1. The van der Waals surface area contributed by atoms with Gasteiger partial charge in [0.2, 0.25) is 0 Å². The number of pyridine rings is 1. The lowest BCUT2D eigenvalue weighted by Gasteiger charge is -2.13.